The molecule has 1 aliphatic carbocycles. The number of pyridine rings is 2. The fourth-order valence-electron chi connectivity index (χ4n) is 5.27. The molecular formula is C73H140ClN5OS. The van der Waals surface area contributed by atoms with Crippen LogP contribution in [0.4, 0.5) is 0 Å². The first kappa shape index (κ1) is 112. The highest BCUT2D eigenvalue weighted by atomic mass is 35.5. The molecule has 8 rings (SSSR count). The van der Waals surface area contributed by atoms with Crippen molar-refractivity contribution in [1.29, 1.82) is 0 Å². The van der Waals surface area contributed by atoms with Gasteiger partial charge < -0.3 is 20.3 Å². The number of hydrogen-bond donors (Lipinski definition) is 2. The van der Waals surface area contributed by atoms with E-state index in [-0.39, 0.29) is 59.4 Å². The Kier molecular flexibility index (Phi) is 130. The van der Waals surface area contributed by atoms with Gasteiger partial charge >= 0.3 is 0 Å². The van der Waals surface area contributed by atoms with Gasteiger partial charge in [0.05, 0.1) is 0 Å². The van der Waals surface area contributed by atoms with Gasteiger partial charge in [0.1, 0.15) is 0 Å². The lowest BCUT2D eigenvalue weighted by atomic mass is 10.2. The number of hydrogen-bond acceptors (Lipinski definition) is 7. The number of halogens is 1. The number of aryl methyl sites for hydroxylation is 6. The number of benzene rings is 4. The van der Waals surface area contributed by atoms with Gasteiger partial charge in [-0.3, -0.25) is 9.97 Å². The topological polar surface area (TPSA) is 62.3 Å². The SMILES string of the molecule is C.C.C.C.C.C.C.C.C=Cc1ccccc1.CC.CC.CC1CCCC1.CN1CCCC1.CNC.CNC.COC.CSC.Cc1ccc(C)cc1.Cc1cccc(Cl)c1.Cc1ccccc1.Cc1ccccn1.Cc1cccnc1. The Morgan fingerprint density at radius 3 is 1.07 bits per heavy atom. The number of methoxy groups -OCH3 is 1. The molecule has 1 saturated carbocycles. The monoisotopic (exact) mass is 1170 g/mol. The molecule has 81 heavy (non-hydrogen) atoms. The second kappa shape index (κ2) is 94.7. The molecular weight excluding hydrogens is 1030 g/mol. The molecule has 1 saturated heterocycles. The molecule has 8 heteroatoms. The Morgan fingerprint density at radius 2 is 0.889 bits per heavy atom. The fraction of sp³-hybridized carbons (Fsp3) is 0.507. The van der Waals surface area contributed by atoms with Crippen molar-refractivity contribution in [2.45, 2.75) is 174 Å². The molecule has 0 spiro atoms. The van der Waals surface area contributed by atoms with Crippen LogP contribution >= 0.6 is 23.4 Å². The number of nitrogens with zero attached hydrogens (tertiary/aromatic N) is 3. The van der Waals surface area contributed by atoms with Gasteiger partial charge in [0.15, 0.2) is 0 Å². The zero-order chi connectivity index (χ0) is 56.8. The van der Waals surface area contributed by atoms with Crippen molar-refractivity contribution >= 4 is 29.4 Å². The van der Waals surface area contributed by atoms with Gasteiger partial charge in [0, 0.05) is 43.5 Å². The number of nitrogens with one attached hydrogen (secondary N) is 2. The molecule has 0 unspecified atom stereocenters. The standard InChI is InChI=1S/C8H10.C8H8.C7H7Cl.C7H8.2C6H7N.C6H12.C5H11N.2C2H7N.C2H6O.C2H6S.2C2H6.8CH4/c1-7-3-5-8(2)6-4-7;1-2-8-6-4-3-5-7-8;1-6-3-2-4-7(8)5-6;1-7-5-3-2-4-6-7;1-6-3-2-4-7-5-6;1-6-4-2-3-5-7-6;2*1-6-4-2-3-5-6;4*1-3-2;2*1-2;;;;;;;;/h3-6H,1-2H3;2-7H,1H2;2-5H,1H3;2-6H,1H3;2*2-5H,1H3;6H,2-5H2,1H3;2-5H2,1H3;2*3H,1-2H3;2*1-2H3;2*1-2H3;8*1H4. The number of ether oxygens (including phenoxy) is 1. The predicted octanol–water partition coefficient (Wildman–Crippen LogP) is 23.0. The summed E-state index contributed by atoms with van der Waals surface area (Å²) in [6.07, 6.45) is 20.1. The van der Waals surface area contributed by atoms with Crippen LogP contribution in [0, 0.1) is 47.5 Å². The Balaban J connectivity index is -0.0000000503. The summed E-state index contributed by atoms with van der Waals surface area (Å²) in [6, 6.07) is 46.3. The van der Waals surface area contributed by atoms with Crippen LogP contribution in [0.15, 0.2) is 165 Å². The maximum atomic E-state index is 5.64. The van der Waals surface area contributed by atoms with Crippen molar-refractivity contribution in [1.82, 2.24) is 25.5 Å². The van der Waals surface area contributed by atoms with Gasteiger partial charge in [-0.2, -0.15) is 11.8 Å². The fourth-order valence-corrected chi connectivity index (χ4v) is 5.51. The second-order valence-electron chi connectivity index (χ2n) is 16.4. The van der Waals surface area contributed by atoms with Gasteiger partial charge in [-0.15, -0.1) is 0 Å². The normalized spacial score (nSPS) is 9.74. The van der Waals surface area contributed by atoms with Gasteiger partial charge in [-0.25, -0.2) is 0 Å². The van der Waals surface area contributed by atoms with Gasteiger partial charge in [0.2, 0.25) is 0 Å². The smallest absolute Gasteiger partial charge is 0.0408 e. The summed E-state index contributed by atoms with van der Waals surface area (Å²) in [4.78, 5) is 10.2. The highest BCUT2D eigenvalue weighted by molar-refractivity contribution is 7.97. The first-order chi connectivity index (χ1) is 35.1. The number of rotatable bonds is 1. The first-order valence-electron chi connectivity index (χ1n) is 26.0. The van der Waals surface area contributed by atoms with E-state index in [0.29, 0.717) is 0 Å². The van der Waals surface area contributed by atoms with E-state index >= 15 is 0 Å². The summed E-state index contributed by atoms with van der Waals surface area (Å²) in [6.45, 7) is 28.9. The Hall–Kier alpha value is -4.60. The molecule has 2 N–H and O–H groups in total. The lowest BCUT2D eigenvalue weighted by molar-refractivity contribution is 0.277. The third-order valence-corrected chi connectivity index (χ3v) is 9.00. The first-order valence-corrected chi connectivity index (χ1v) is 28.0. The zero-order valence-electron chi connectivity index (χ0n) is 50.1. The van der Waals surface area contributed by atoms with Crippen molar-refractivity contribution in [2.75, 3.05) is 75.1 Å². The van der Waals surface area contributed by atoms with Crippen LogP contribution in [0.1, 0.15) is 172 Å². The Labute approximate surface area is 520 Å². The van der Waals surface area contributed by atoms with Crippen LogP contribution < -0.4 is 10.6 Å². The average Bonchev–Trinajstić information content (AvgIpc) is 4.10. The zero-order valence-corrected chi connectivity index (χ0v) is 51.6. The van der Waals surface area contributed by atoms with Crippen molar-refractivity contribution in [3.05, 3.63) is 209 Å². The van der Waals surface area contributed by atoms with E-state index in [1.807, 2.05) is 205 Å². The molecule has 0 radical (unpaired) electrons. The van der Waals surface area contributed by atoms with Crippen LogP contribution in [0.3, 0.4) is 0 Å². The van der Waals surface area contributed by atoms with Crippen LogP contribution in [-0.4, -0.2) is 89.9 Å². The third kappa shape index (κ3) is 101. The molecule has 2 aliphatic rings. The predicted molar refractivity (Wildman–Crippen MR) is 391 cm³/mol. The third-order valence-electron chi connectivity index (χ3n) is 8.77. The Morgan fingerprint density at radius 1 is 0.531 bits per heavy atom. The second-order valence-corrected chi connectivity index (χ2v) is 17.7. The van der Waals surface area contributed by atoms with E-state index in [2.05, 4.69) is 108 Å². The maximum absolute atomic E-state index is 5.64. The summed E-state index contributed by atoms with van der Waals surface area (Å²) in [5.74, 6) is 1.05. The summed E-state index contributed by atoms with van der Waals surface area (Å²) < 4.78 is 4.25. The van der Waals surface area contributed by atoms with Crippen molar-refractivity contribution in [3.63, 3.8) is 0 Å². The van der Waals surface area contributed by atoms with Crippen LogP contribution in [0.5, 0.6) is 0 Å². The molecule has 2 fully saturated rings. The largest absolute Gasteiger partial charge is 0.388 e. The van der Waals surface area contributed by atoms with Crippen LogP contribution in [-0.2, 0) is 4.74 Å². The van der Waals surface area contributed by atoms with Crippen LogP contribution in [0.2, 0.25) is 5.02 Å². The highest BCUT2D eigenvalue weighted by Gasteiger charge is 2.07. The minimum atomic E-state index is 0. The van der Waals surface area contributed by atoms with Gasteiger partial charge in [-0.05, 0) is 168 Å². The summed E-state index contributed by atoms with van der Waals surface area (Å²) in [7, 11) is 12.9. The number of aromatic nitrogens is 2. The van der Waals surface area contributed by atoms with Crippen LogP contribution in [0.25, 0.3) is 6.08 Å². The average molecular weight is 1170 g/mol. The Bertz CT molecular complexity index is 1710. The minimum absolute atomic E-state index is 0. The summed E-state index contributed by atoms with van der Waals surface area (Å²) >= 11 is 7.39. The van der Waals surface area contributed by atoms with Crippen molar-refractivity contribution in [3.8, 4) is 0 Å². The van der Waals surface area contributed by atoms with E-state index in [1.165, 1.54) is 85.0 Å². The van der Waals surface area contributed by atoms with Gasteiger partial charge in [-0.1, -0.05) is 270 Å². The maximum Gasteiger partial charge on any atom is 0.0408 e. The minimum Gasteiger partial charge on any atom is -0.388 e. The number of thioether (sulfide) groups is 1. The summed E-state index contributed by atoms with van der Waals surface area (Å²) in [5.41, 5.74) is 8.64. The molecule has 6 nitrogen and oxygen atoms in total. The lowest BCUT2D eigenvalue weighted by Gasteiger charge is -2.01. The lowest BCUT2D eigenvalue weighted by Crippen LogP contribution is -2.10. The van der Waals surface area contributed by atoms with E-state index in [9.17, 15) is 0 Å². The molecule has 1 aliphatic heterocycles. The van der Waals surface area contributed by atoms with E-state index in [1.54, 1.807) is 38.4 Å². The molecule has 6 aromatic rings. The van der Waals surface area contributed by atoms with E-state index < -0.39 is 0 Å². The molecule has 4 aromatic carbocycles. The van der Waals surface area contributed by atoms with Gasteiger partial charge in [0.25, 0.3) is 0 Å². The molecule has 476 valence electrons. The summed E-state index contributed by atoms with van der Waals surface area (Å²) in [5, 5.41) is 6.31. The van der Waals surface area contributed by atoms with E-state index in [4.69, 9.17) is 11.6 Å². The molecule has 2 aromatic heterocycles. The van der Waals surface area contributed by atoms with Crippen molar-refractivity contribution < 1.29 is 4.74 Å². The molecule has 0 amide bonds. The highest BCUT2D eigenvalue weighted by Crippen LogP contribution is 2.23. The van der Waals surface area contributed by atoms with E-state index in [0.717, 1.165) is 16.6 Å². The van der Waals surface area contributed by atoms with Crippen molar-refractivity contribution in [2.24, 2.45) is 5.92 Å². The molecule has 0 bridgehead atoms. The quantitative estimate of drug-likeness (QED) is 0.170. The molecule has 3 heterocycles. The number of likely N-dealkylation sites (tertiary alicyclic amines) is 1. The molecule has 0 atom stereocenters.